The molecule has 2 rings (SSSR count). The Kier molecular flexibility index (Phi) is 2.36. The first kappa shape index (κ1) is 8.75. The number of hydrogen-bond donors (Lipinski definition) is 0. The number of rotatable bonds is 2. The molecule has 0 amide bonds. The quantitative estimate of drug-likeness (QED) is 0.691. The predicted molar refractivity (Wildman–Crippen MR) is 50.4 cm³/mol. The highest BCUT2D eigenvalue weighted by Gasteiger charge is 2.15. The molecule has 0 bridgehead atoms. The minimum atomic E-state index is 0.691. The molecule has 0 spiro atoms. The van der Waals surface area contributed by atoms with Crippen LogP contribution in [0.5, 0.6) is 0 Å². The van der Waals surface area contributed by atoms with Gasteiger partial charge in [-0.2, -0.15) is 5.10 Å². The number of aromatic nitrogens is 2. The molecule has 0 aliphatic carbocycles. The SMILES string of the molecule is CC(C)Cc1cnn2c1COCC2. The van der Waals surface area contributed by atoms with Crippen LogP contribution >= 0.6 is 0 Å². The normalized spacial score (nSPS) is 16.2. The number of hydrogen-bond acceptors (Lipinski definition) is 2. The maximum atomic E-state index is 5.42. The van der Waals surface area contributed by atoms with Crippen LogP contribution < -0.4 is 0 Å². The van der Waals surface area contributed by atoms with Gasteiger partial charge in [0, 0.05) is 0 Å². The molecule has 72 valence electrons. The first-order valence-corrected chi connectivity index (χ1v) is 4.88. The Bertz CT molecular complexity index is 291. The van der Waals surface area contributed by atoms with Crippen LogP contribution in [0.1, 0.15) is 25.1 Å². The van der Waals surface area contributed by atoms with E-state index in [2.05, 4.69) is 23.6 Å². The topological polar surface area (TPSA) is 27.1 Å². The summed E-state index contributed by atoms with van der Waals surface area (Å²) in [4.78, 5) is 0. The van der Waals surface area contributed by atoms with Crippen LogP contribution in [-0.4, -0.2) is 16.4 Å². The second kappa shape index (κ2) is 3.50. The average Bonchev–Trinajstić information content (AvgIpc) is 2.48. The van der Waals surface area contributed by atoms with Gasteiger partial charge in [-0.05, 0) is 17.9 Å². The summed E-state index contributed by atoms with van der Waals surface area (Å²) in [6, 6.07) is 0. The molecule has 0 saturated carbocycles. The fraction of sp³-hybridized carbons (Fsp3) is 0.700. The summed E-state index contributed by atoms with van der Waals surface area (Å²) in [5.74, 6) is 0.691. The molecule has 1 aromatic rings. The Morgan fingerprint density at radius 3 is 3.23 bits per heavy atom. The van der Waals surface area contributed by atoms with E-state index in [0.717, 1.165) is 26.2 Å². The van der Waals surface area contributed by atoms with Gasteiger partial charge in [0.05, 0.1) is 31.6 Å². The number of nitrogens with zero attached hydrogens (tertiary/aromatic N) is 2. The predicted octanol–water partition coefficient (Wildman–Crippen LogP) is 1.61. The second-order valence-corrected chi connectivity index (χ2v) is 3.99. The molecule has 0 radical (unpaired) electrons. The van der Waals surface area contributed by atoms with Crippen molar-refractivity contribution in [2.24, 2.45) is 5.92 Å². The summed E-state index contributed by atoms with van der Waals surface area (Å²) in [5, 5.41) is 4.35. The van der Waals surface area contributed by atoms with Crippen molar-refractivity contribution in [1.29, 1.82) is 0 Å². The molecule has 0 N–H and O–H groups in total. The lowest BCUT2D eigenvalue weighted by atomic mass is 10.0. The van der Waals surface area contributed by atoms with Gasteiger partial charge in [-0.25, -0.2) is 0 Å². The van der Waals surface area contributed by atoms with Gasteiger partial charge < -0.3 is 4.74 Å². The lowest BCUT2D eigenvalue weighted by molar-refractivity contribution is 0.0793. The van der Waals surface area contributed by atoms with Crippen LogP contribution in [0, 0.1) is 5.92 Å². The zero-order valence-corrected chi connectivity index (χ0v) is 8.29. The molecule has 0 atom stereocenters. The highest BCUT2D eigenvalue weighted by Crippen LogP contribution is 2.17. The van der Waals surface area contributed by atoms with Gasteiger partial charge in [0.15, 0.2) is 0 Å². The summed E-state index contributed by atoms with van der Waals surface area (Å²) in [5.41, 5.74) is 2.63. The van der Waals surface area contributed by atoms with Gasteiger partial charge in [0.1, 0.15) is 0 Å². The summed E-state index contributed by atoms with van der Waals surface area (Å²) in [6.45, 7) is 6.91. The molecule has 0 aromatic carbocycles. The monoisotopic (exact) mass is 180 g/mol. The molecule has 0 fully saturated rings. The van der Waals surface area contributed by atoms with Crippen LogP contribution in [0.15, 0.2) is 6.20 Å². The van der Waals surface area contributed by atoms with Crippen molar-refractivity contribution < 1.29 is 4.74 Å². The molecule has 0 saturated heterocycles. The van der Waals surface area contributed by atoms with Crippen LogP contribution in [0.3, 0.4) is 0 Å². The summed E-state index contributed by atoms with van der Waals surface area (Å²) < 4.78 is 7.49. The second-order valence-electron chi connectivity index (χ2n) is 3.99. The van der Waals surface area contributed by atoms with Crippen molar-refractivity contribution in [3.63, 3.8) is 0 Å². The highest BCUT2D eigenvalue weighted by atomic mass is 16.5. The van der Waals surface area contributed by atoms with E-state index in [9.17, 15) is 0 Å². The van der Waals surface area contributed by atoms with Crippen LogP contribution in [-0.2, 0) is 24.3 Å². The van der Waals surface area contributed by atoms with E-state index in [1.807, 2.05) is 6.20 Å². The van der Waals surface area contributed by atoms with Gasteiger partial charge in [-0.1, -0.05) is 13.8 Å². The maximum absolute atomic E-state index is 5.42. The van der Waals surface area contributed by atoms with Crippen molar-refractivity contribution >= 4 is 0 Å². The first-order valence-electron chi connectivity index (χ1n) is 4.88. The molecular weight excluding hydrogens is 164 g/mol. The molecule has 1 aliphatic heterocycles. The fourth-order valence-electron chi connectivity index (χ4n) is 1.74. The van der Waals surface area contributed by atoms with Gasteiger partial charge in [0.25, 0.3) is 0 Å². The Labute approximate surface area is 78.7 Å². The van der Waals surface area contributed by atoms with Gasteiger partial charge in [-0.3, -0.25) is 4.68 Å². The highest BCUT2D eigenvalue weighted by molar-refractivity contribution is 5.18. The molecule has 1 aromatic heterocycles. The van der Waals surface area contributed by atoms with Crippen LogP contribution in [0.4, 0.5) is 0 Å². The van der Waals surface area contributed by atoms with Gasteiger partial charge in [0.2, 0.25) is 0 Å². The summed E-state index contributed by atoms with van der Waals surface area (Å²) >= 11 is 0. The Morgan fingerprint density at radius 1 is 1.62 bits per heavy atom. The Morgan fingerprint density at radius 2 is 2.46 bits per heavy atom. The first-order chi connectivity index (χ1) is 6.27. The van der Waals surface area contributed by atoms with E-state index in [0.29, 0.717) is 5.92 Å². The molecule has 3 heteroatoms. The smallest absolute Gasteiger partial charge is 0.0888 e. The van der Waals surface area contributed by atoms with Crippen molar-refractivity contribution in [1.82, 2.24) is 9.78 Å². The standard InChI is InChI=1S/C10H16N2O/c1-8(2)5-9-6-11-12-3-4-13-7-10(9)12/h6,8H,3-5,7H2,1-2H3. The lowest BCUT2D eigenvalue weighted by Gasteiger charge is -2.16. The molecule has 0 unspecified atom stereocenters. The molecule has 2 heterocycles. The zero-order chi connectivity index (χ0) is 9.26. The fourth-order valence-corrected chi connectivity index (χ4v) is 1.74. The van der Waals surface area contributed by atoms with E-state index in [1.54, 1.807) is 0 Å². The Hall–Kier alpha value is -0.830. The van der Waals surface area contributed by atoms with E-state index in [-0.39, 0.29) is 0 Å². The number of fused-ring (bicyclic) bond motifs is 1. The summed E-state index contributed by atoms with van der Waals surface area (Å²) in [6.07, 6.45) is 3.10. The van der Waals surface area contributed by atoms with Crippen LogP contribution in [0.2, 0.25) is 0 Å². The van der Waals surface area contributed by atoms with E-state index in [4.69, 9.17) is 4.74 Å². The summed E-state index contributed by atoms with van der Waals surface area (Å²) in [7, 11) is 0. The van der Waals surface area contributed by atoms with Gasteiger partial charge >= 0.3 is 0 Å². The molecule has 1 aliphatic rings. The van der Waals surface area contributed by atoms with Crippen molar-refractivity contribution in [2.45, 2.75) is 33.4 Å². The molecule has 13 heavy (non-hydrogen) atoms. The maximum Gasteiger partial charge on any atom is 0.0888 e. The largest absolute Gasteiger partial charge is 0.373 e. The minimum absolute atomic E-state index is 0.691. The Balaban J connectivity index is 2.21. The third-order valence-corrected chi connectivity index (χ3v) is 2.35. The number of ether oxygens (including phenoxy) is 1. The van der Waals surface area contributed by atoms with Crippen LogP contribution in [0.25, 0.3) is 0 Å². The van der Waals surface area contributed by atoms with E-state index in [1.165, 1.54) is 11.3 Å². The van der Waals surface area contributed by atoms with Crippen molar-refractivity contribution in [2.75, 3.05) is 6.61 Å². The third-order valence-electron chi connectivity index (χ3n) is 2.35. The van der Waals surface area contributed by atoms with E-state index < -0.39 is 0 Å². The molecular formula is C10H16N2O. The average molecular weight is 180 g/mol. The third kappa shape index (κ3) is 1.75. The van der Waals surface area contributed by atoms with E-state index >= 15 is 0 Å². The zero-order valence-electron chi connectivity index (χ0n) is 8.29. The minimum Gasteiger partial charge on any atom is -0.373 e. The van der Waals surface area contributed by atoms with Crippen molar-refractivity contribution in [3.8, 4) is 0 Å². The van der Waals surface area contributed by atoms with Crippen molar-refractivity contribution in [3.05, 3.63) is 17.5 Å². The molecule has 3 nitrogen and oxygen atoms in total. The van der Waals surface area contributed by atoms with Gasteiger partial charge in [-0.15, -0.1) is 0 Å². The lowest BCUT2D eigenvalue weighted by Crippen LogP contribution is -2.18.